The molecule has 3 aromatic rings. The lowest BCUT2D eigenvalue weighted by atomic mass is 10.3. The van der Waals surface area contributed by atoms with E-state index >= 15 is 0 Å². The Bertz CT molecular complexity index is 746. The van der Waals surface area contributed by atoms with Crippen LogP contribution in [0, 0.1) is 0 Å². The zero-order valence-electron chi connectivity index (χ0n) is 9.12. The molecule has 0 saturated heterocycles. The van der Waals surface area contributed by atoms with E-state index in [0.717, 1.165) is 16.0 Å². The second kappa shape index (κ2) is 4.15. The van der Waals surface area contributed by atoms with Gasteiger partial charge in [0, 0.05) is 6.07 Å². The van der Waals surface area contributed by atoms with Crippen molar-refractivity contribution in [1.82, 2.24) is 4.98 Å². The van der Waals surface area contributed by atoms with Crippen LogP contribution in [0.1, 0.15) is 0 Å². The summed E-state index contributed by atoms with van der Waals surface area (Å²) in [5.41, 5.74) is 6.00. The number of nitrogens with zero attached hydrogens (tertiary/aromatic N) is 1. The Morgan fingerprint density at radius 2 is 2.06 bits per heavy atom. The molecule has 0 amide bonds. The maximum atomic E-state index is 11.1. The van der Waals surface area contributed by atoms with Gasteiger partial charge in [0.15, 0.2) is 5.58 Å². The van der Waals surface area contributed by atoms with Gasteiger partial charge in [-0.2, -0.15) is 0 Å². The van der Waals surface area contributed by atoms with Gasteiger partial charge in [0.1, 0.15) is 17.3 Å². The van der Waals surface area contributed by atoms with Gasteiger partial charge < -0.3 is 14.9 Å². The first-order chi connectivity index (χ1) is 8.70. The average Bonchev–Trinajstić information content (AvgIpc) is 2.71. The molecule has 2 N–H and O–H groups in total. The minimum Gasteiger partial charge on any atom is -0.456 e. The van der Waals surface area contributed by atoms with Crippen LogP contribution in [0.4, 0.5) is 5.82 Å². The highest BCUT2D eigenvalue weighted by atomic mass is 32.1. The van der Waals surface area contributed by atoms with Crippen LogP contribution in [0.2, 0.25) is 0 Å². The summed E-state index contributed by atoms with van der Waals surface area (Å²) >= 11 is 1.06. The summed E-state index contributed by atoms with van der Waals surface area (Å²) < 4.78 is 11.4. The molecule has 0 saturated carbocycles. The molecule has 5 nitrogen and oxygen atoms in total. The molecule has 0 bridgehead atoms. The van der Waals surface area contributed by atoms with Crippen molar-refractivity contribution >= 4 is 27.4 Å². The van der Waals surface area contributed by atoms with Crippen molar-refractivity contribution in [2.24, 2.45) is 0 Å². The lowest BCUT2D eigenvalue weighted by Crippen LogP contribution is -1.90. The van der Waals surface area contributed by atoms with E-state index in [4.69, 9.17) is 14.9 Å². The minimum absolute atomic E-state index is 0.323. The Morgan fingerprint density at radius 1 is 1.22 bits per heavy atom. The number of anilines is 1. The number of rotatable bonds is 2. The van der Waals surface area contributed by atoms with Gasteiger partial charge in [-0.25, -0.2) is 9.78 Å². The van der Waals surface area contributed by atoms with Crippen molar-refractivity contribution in [2.75, 3.05) is 5.73 Å². The molecule has 0 spiro atoms. The molecule has 0 atom stereocenters. The highest BCUT2D eigenvalue weighted by Gasteiger charge is 2.04. The summed E-state index contributed by atoms with van der Waals surface area (Å²) in [5.74, 6) is 1.58. The number of hydrogen-bond donors (Lipinski definition) is 1. The highest BCUT2D eigenvalue weighted by Crippen LogP contribution is 2.26. The maximum absolute atomic E-state index is 11.1. The predicted molar refractivity (Wildman–Crippen MR) is 69.1 cm³/mol. The Kier molecular flexibility index (Phi) is 2.49. The third-order valence-corrected chi connectivity index (χ3v) is 3.10. The second-order valence-corrected chi connectivity index (χ2v) is 4.56. The molecule has 0 aliphatic heterocycles. The fourth-order valence-electron chi connectivity index (χ4n) is 1.50. The lowest BCUT2D eigenvalue weighted by Gasteiger charge is -2.04. The van der Waals surface area contributed by atoms with Crippen LogP contribution in [0.5, 0.6) is 11.5 Å². The van der Waals surface area contributed by atoms with Gasteiger partial charge >= 0.3 is 4.94 Å². The summed E-state index contributed by atoms with van der Waals surface area (Å²) in [5, 5.41) is 0. The number of benzene rings is 1. The molecule has 3 rings (SSSR count). The Morgan fingerprint density at radius 3 is 2.83 bits per heavy atom. The fourth-order valence-corrected chi connectivity index (χ4v) is 2.15. The van der Waals surface area contributed by atoms with Crippen molar-refractivity contribution in [3.05, 3.63) is 46.3 Å². The first-order valence-corrected chi connectivity index (χ1v) is 5.95. The van der Waals surface area contributed by atoms with Crippen LogP contribution >= 0.6 is 11.3 Å². The molecular formula is C12H8N2O3S. The minimum atomic E-state index is -0.323. The number of ether oxygens (including phenoxy) is 1. The van der Waals surface area contributed by atoms with Crippen LogP contribution in [0.25, 0.3) is 10.3 Å². The Balaban J connectivity index is 1.94. The SMILES string of the molecule is Nc1ccc(Oc2ccc3sc(=O)oc3c2)cn1. The molecule has 0 unspecified atom stereocenters. The first kappa shape index (κ1) is 10.8. The van der Waals surface area contributed by atoms with Crippen LogP contribution in [0.3, 0.4) is 0 Å². The molecule has 0 aliphatic rings. The largest absolute Gasteiger partial charge is 0.456 e. The van der Waals surface area contributed by atoms with Crippen molar-refractivity contribution in [3.8, 4) is 11.5 Å². The van der Waals surface area contributed by atoms with Crippen molar-refractivity contribution in [3.63, 3.8) is 0 Å². The van der Waals surface area contributed by atoms with Crippen molar-refractivity contribution in [1.29, 1.82) is 0 Å². The second-order valence-electron chi connectivity index (χ2n) is 3.58. The standard InChI is InChI=1S/C12H8N2O3S/c13-11-4-2-8(6-14-11)16-7-1-3-10-9(5-7)17-12(15)18-10/h1-6H,(H2,13,14). The Hall–Kier alpha value is -2.34. The third-order valence-electron chi connectivity index (χ3n) is 2.30. The number of nitrogens with two attached hydrogens (primary N) is 1. The van der Waals surface area contributed by atoms with Gasteiger partial charge in [0.25, 0.3) is 0 Å². The van der Waals surface area contributed by atoms with Crippen LogP contribution in [0.15, 0.2) is 45.7 Å². The summed E-state index contributed by atoms with van der Waals surface area (Å²) in [7, 11) is 0. The smallest absolute Gasteiger partial charge is 0.396 e. The molecule has 18 heavy (non-hydrogen) atoms. The van der Waals surface area contributed by atoms with Gasteiger partial charge in [0.2, 0.25) is 0 Å². The zero-order valence-corrected chi connectivity index (χ0v) is 9.94. The monoisotopic (exact) mass is 260 g/mol. The van der Waals surface area contributed by atoms with E-state index in [9.17, 15) is 4.79 Å². The van der Waals surface area contributed by atoms with Crippen molar-refractivity contribution in [2.45, 2.75) is 0 Å². The third kappa shape index (κ3) is 2.05. The summed E-state index contributed by atoms with van der Waals surface area (Å²) in [6, 6.07) is 8.59. The fraction of sp³-hybridized carbons (Fsp3) is 0. The predicted octanol–water partition coefficient (Wildman–Crippen LogP) is 2.62. The van der Waals surface area contributed by atoms with Gasteiger partial charge in [-0.1, -0.05) is 11.3 Å². The zero-order chi connectivity index (χ0) is 12.5. The average molecular weight is 260 g/mol. The molecule has 0 fully saturated rings. The van der Waals surface area contributed by atoms with Gasteiger partial charge in [-0.15, -0.1) is 0 Å². The van der Waals surface area contributed by atoms with Gasteiger partial charge in [-0.05, 0) is 24.3 Å². The molecule has 6 heteroatoms. The molecule has 2 heterocycles. The van der Waals surface area contributed by atoms with E-state index in [1.807, 2.05) is 0 Å². The number of nitrogen functional groups attached to an aromatic ring is 1. The van der Waals surface area contributed by atoms with E-state index in [1.54, 1.807) is 30.3 Å². The normalized spacial score (nSPS) is 10.7. The summed E-state index contributed by atoms with van der Waals surface area (Å²) in [6.45, 7) is 0. The number of aromatic nitrogens is 1. The maximum Gasteiger partial charge on any atom is 0.396 e. The quantitative estimate of drug-likeness (QED) is 0.766. The number of fused-ring (bicyclic) bond motifs is 1. The molecule has 0 radical (unpaired) electrons. The highest BCUT2D eigenvalue weighted by molar-refractivity contribution is 7.16. The molecule has 90 valence electrons. The van der Waals surface area contributed by atoms with E-state index in [2.05, 4.69) is 4.98 Å². The first-order valence-electron chi connectivity index (χ1n) is 5.14. The van der Waals surface area contributed by atoms with Gasteiger partial charge in [-0.3, -0.25) is 0 Å². The molecule has 0 aliphatic carbocycles. The topological polar surface area (TPSA) is 78.4 Å². The van der Waals surface area contributed by atoms with E-state index in [-0.39, 0.29) is 4.94 Å². The van der Waals surface area contributed by atoms with E-state index in [1.165, 1.54) is 6.20 Å². The summed E-state index contributed by atoms with van der Waals surface area (Å²) in [6.07, 6.45) is 1.53. The van der Waals surface area contributed by atoms with Crippen LogP contribution in [-0.2, 0) is 0 Å². The Labute approximate surface area is 105 Å². The van der Waals surface area contributed by atoms with Gasteiger partial charge in [0.05, 0.1) is 10.9 Å². The molecular weight excluding hydrogens is 252 g/mol. The van der Waals surface area contributed by atoms with Crippen LogP contribution < -0.4 is 15.4 Å². The van der Waals surface area contributed by atoms with E-state index in [0.29, 0.717) is 22.9 Å². The van der Waals surface area contributed by atoms with Crippen LogP contribution in [-0.4, -0.2) is 4.98 Å². The lowest BCUT2D eigenvalue weighted by molar-refractivity contribution is 0.479. The summed E-state index contributed by atoms with van der Waals surface area (Å²) in [4.78, 5) is 14.7. The number of hydrogen-bond acceptors (Lipinski definition) is 6. The van der Waals surface area contributed by atoms with Crippen molar-refractivity contribution < 1.29 is 9.15 Å². The van der Waals surface area contributed by atoms with E-state index < -0.39 is 0 Å². The molecule has 2 aromatic heterocycles. The number of pyridine rings is 1. The molecule has 1 aromatic carbocycles.